The molecule has 0 radical (unpaired) electrons. The predicted octanol–water partition coefficient (Wildman–Crippen LogP) is 10.6. The Kier molecular flexibility index (Phi) is 13.0. The van der Waals surface area contributed by atoms with Gasteiger partial charge in [0.25, 0.3) is 0 Å². The van der Waals surface area contributed by atoms with E-state index in [-0.39, 0.29) is 47.0 Å². The Labute approximate surface area is 347 Å². The molecule has 2 aromatic heterocycles. The van der Waals surface area contributed by atoms with Gasteiger partial charge in [-0.05, 0) is 78.4 Å². The van der Waals surface area contributed by atoms with Gasteiger partial charge in [0.05, 0.1) is 37.0 Å². The van der Waals surface area contributed by atoms with Crippen molar-refractivity contribution in [3.63, 3.8) is 0 Å². The number of benzene rings is 1. The summed E-state index contributed by atoms with van der Waals surface area (Å²) in [5, 5.41) is 4.07. The topological polar surface area (TPSA) is 98.1 Å². The van der Waals surface area contributed by atoms with Crippen molar-refractivity contribution in [1.29, 1.82) is 0 Å². The quantitative estimate of drug-likeness (QED) is 0.118. The number of anilines is 1. The second-order valence-corrected chi connectivity index (χ2v) is 35.9. The lowest BCUT2D eigenvalue weighted by atomic mass is 10.0. The molecule has 0 spiro atoms. The van der Waals surface area contributed by atoms with Gasteiger partial charge in [0, 0.05) is 20.2 Å². The lowest BCUT2D eigenvalue weighted by molar-refractivity contribution is 0.00687. The van der Waals surface area contributed by atoms with E-state index in [2.05, 4.69) is 98.8 Å². The molecule has 2 saturated heterocycles. The molecule has 2 fully saturated rings. The molecule has 0 bridgehead atoms. The third-order valence-corrected chi connectivity index (χ3v) is 23.6. The van der Waals surface area contributed by atoms with Gasteiger partial charge in [0.15, 0.2) is 28.4 Å². The lowest BCUT2D eigenvalue weighted by Crippen LogP contribution is -2.47. The van der Waals surface area contributed by atoms with Crippen molar-refractivity contribution in [2.45, 2.75) is 154 Å². The standard InChI is InChI=1S/C42H66ClFN4O6Si3/c1-41(2,3)56(10,11)52-18-14-15-27-21-28-16-17-31(35(28)30(44)22-27)45-38-29(43)23-32-39(47-38)48(26-49-19-20-55(7,8)9)40(46-32)53-33-24-50-37-34(25-51-36(33)37)54-57(12,13)42(4,5)6/h14-15,21-23,31,33-34,36-37H,16-20,24-26H2,1-13H3,(H,45,47)/b15-14+/t31-,33+,34+,36+,37+/m0/s1. The molecule has 57 heavy (non-hydrogen) atoms. The first-order valence-electron chi connectivity index (χ1n) is 20.6. The molecule has 2 aliphatic heterocycles. The highest BCUT2D eigenvalue weighted by Crippen LogP contribution is 2.42. The summed E-state index contributed by atoms with van der Waals surface area (Å²) in [4.78, 5) is 9.86. The van der Waals surface area contributed by atoms with E-state index in [9.17, 15) is 0 Å². The monoisotopic (exact) mass is 860 g/mol. The normalized spacial score (nSPS) is 23.2. The Morgan fingerprint density at radius 2 is 1.60 bits per heavy atom. The highest BCUT2D eigenvalue weighted by Gasteiger charge is 2.52. The third-order valence-electron chi connectivity index (χ3n) is 12.6. The Bertz CT molecular complexity index is 1940. The van der Waals surface area contributed by atoms with Crippen LogP contribution in [0, 0.1) is 5.82 Å². The zero-order valence-electron chi connectivity index (χ0n) is 36.5. The molecule has 3 aromatic rings. The Balaban J connectivity index is 1.20. The molecule has 15 heteroatoms. The molecule has 1 aliphatic carbocycles. The summed E-state index contributed by atoms with van der Waals surface area (Å²) in [7, 11) is -5.23. The Morgan fingerprint density at radius 3 is 2.26 bits per heavy atom. The molecular formula is C42H66ClFN4O6Si3. The van der Waals surface area contributed by atoms with Gasteiger partial charge in [-0.3, -0.25) is 4.57 Å². The van der Waals surface area contributed by atoms with Crippen LogP contribution in [0.3, 0.4) is 0 Å². The summed E-state index contributed by atoms with van der Waals surface area (Å²) in [5.41, 5.74) is 3.59. The maximum absolute atomic E-state index is 15.9. The molecule has 0 amide bonds. The van der Waals surface area contributed by atoms with Gasteiger partial charge in [0.1, 0.15) is 36.1 Å². The summed E-state index contributed by atoms with van der Waals surface area (Å²) in [5.74, 6) is 0.210. The molecule has 0 unspecified atom stereocenters. The number of fused-ring (bicyclic) bond motifs is 3. The van der Waals surface area contributed by atoms with Crippen LogP contribution in [-0.4, -0.2) is 90.1 Å². The van der Waals surface area contributed by atoms with E-state index in [1.165, 1.54) is 0 Å². The molecule has 316 valence electrons. The highest BCUT2D eigenvalue weighted by atomic mass is 35.5. The van der Waals surface area contributed by atoms with E-state index in [4.69, 9.17) is 49.4 Å². The van der Waals surface area contributed by atoms with Crippen molar-refractivity contribution >= 4 is 59.4 Å². The van der Waals surface area contributed by atoms with E-state index in [0.717, 1.165) is 23.6 Å². The minimum atomic E-state index is -2.04. The second kappa shape index (κ2) is 16.7. The number of pyridine rings is 1. The van der Waals surface area contributed by atoms with Crippen LogP contribution in [0.1, 0.15) is 70.7 Å². The first-order valence-corrected chi connectivity index (χ1v) is 30.5. The van der Waals surface area contributed by atoms with Crippen LogP contribution in [0.5, 0.6) is 6.01 Å². The van der Waals surface area contributed by atoms with Crippen molar-refractivity contribution in [2.24, 2.45) is 0 Å². The van der Waals surface area contributed by atoms with Gasteiger partial charge in [-0.2, -0.15) is 4.98 Å². The van der Waals surface area contributed by atoms with Crippen molar-refractivity contribution in [2.75, 3.05) is 31.7 Å². The SMILES string of the molecule is CC(C)(C)[Si](C)(C)OC/C=C/c1cc(F)c2c(c1)CC[C@@H]2Nc1nc2c(cc1Cl)nc(O[C@@H]1CO[C@H]3[C@@H]1OC[C@H]3O[Si](C)(C)C(C)(C)C)n2COCC[Si](C)(C)C. The van der Waals surface area contributed by atoms with Gasteiger partial charge in [-0.25, -0.2) is 9.37 Å². The summed E-state index contributed by atoms with van der Waals surface area (Å²) in [6, 6.07) is 6.54. The summed E-state index contributed by atoms with van der Waals surface area (Å²) in [6.45, 7) is 31.4. The molecule has 4 heterocycles. The van der Waals surface area contributed by atoms with Crippen molar-refractivity contribution in [1.82, 2.24) is 14.5 Å². The number of hydrogen-bond donors (Lipinski definition) is 1. The number of nitrogens with one attached hydrogen (secondary N) is 1. The average Bonchev–Trinajstić information content (AvgIpc) is 3.85. The first-order chi connectivity index (χ1) is 26.4. The average molecular weight is 862 g/mol. The maximum Gasteiger partial charge on any atom is 0.301 e. The number of halogens is 2. The van der Waals surface area contributed by atoms with E-state index in [1.807, 2.05) is 16.7 Å². The fraction of sp³-hybridized carbons (Fsp3) is 0.667. The van der Waals surface area contributed by atoms with Crippen LogP contribution in [0.25, 0.3) is 17.2 Å². The smallest absolute Gasteiger partial charge is 0.301 e. The second-order valence-electron chi connectivity index (χ2n) is 20.3. The molecule has 10 nitrogen and oxygen atoms in total. The van der Waals surface area contributed by atoms with Gasteiger partial charge in [-0.15, -0.1) is 0 Å². The van der Waals surface area contributed by atoms with Gasteiger partial charge < -0.3 is 33.1 Å². The van der Waals surface area contributed by atoms with Crippen LogP contribution in [0.4, 0.5) is 10.2 Å². The van der Waals surface area contributed by atoms with Crippen LogP contribution in [0.15, 0.2) is 24.3 Å². The summed E-state index contributed by atoms with van der Waals surface area (Å²) >= 11 is 6.88. The number of imidazole rings is 1. The number of rotatable bonds is 15. The zero-order chi connectivity index (χ0) is 41.7. The zero-order valence-corrected chi connectivity index (χ0v) is 40.2. The predicted molar refractivity (Wildman–Crippen MR) is 236 cm³/mol. The molecule has 5 atom stereocenters. The van der Waals surface area contributed by atoms with Crippen LogP contribution >= 0.6 is 11.6 Å². The number of aryl methyl sites for hydroxylation is 1. The fourth-order valence-electron chi connectivity index (χ4n) is 6.97. The maximum atomic E-state index is 15.9. The summed E-state index contributed by atoms with van der Waals surface area (Å²) in [6.07, 6.45) is 4.33. The first kappa shape index (κ1) is 44.4. The minimum absolute atomic E-state index is 0.0684. The lowest BCUT2D eigenvalue weighted by Gasteiger charge is -2.39. The summed E-state index contributed by atoms with van der Waals surface area (Å²) < 4.78 is 56.2. The van der Waals surface area contributed by atoms with Crippen LogP contribution in [-0.2, 0) is 36.2 Å². The van der Waals surface area contributed by atoms with Gasteiger partial charge in [0.2, 0.25) is 0 Å². The van der Waals surface area contributed by atoms with Gasteiger partial charge in [-0.1, -0.05) is 91.0 Å². The number of hydrogen-bond acceptors (Lipinski definition) is 9. The van der Waals surface area contributed by atoms with E-state index < -0.39 is 30.8 Å². The largest absolute Gasteiger partial charge is 0.456 e. The van der Waals surface area contributed by atoms with Gasteiger partial charge >= 0.3 is 6.01 Å². The molecule has 6 rings (SSSR count). The Hall–Kier alpha value is -2.15. The van der Waals surface area contributed by atoms with Crippen molar-refractivity contribution < 1.29 is 32.2 Å². The number of ether oxygens (including phenoxy) is 4. The van der Waals surface area contributed by atoms with E-state index >= 15 is 4.39 Å². The Morgan fingerprint density at radius 1 is 0.930 bits per heavy atom. The number of aromatic nitrogens is 3. The van der Waals surface area contributed by atoms with Crippen LogP contribution < -0.4 is 10.1 Å². The molecule has 0 saturated carbocycles. The molecular weight excluding hydrogens is 795 g/mol. The van der Waals surface area contributed by atoms with E-state index in [1.54, 1.807) is 12.1 Å². The third kappa shape index (κ3) is 10.1. The van der Waals surface area contributed by atoms with Crippen molar-refractivity contribution in [3.8, 4) is 6.01 Å². The molecule has 3 aliphatic rings. The highest BCUT2D eigenvalue weighted by molar-refractivity contribution is 6.76. The fourth-order valence-corrected chi connectivity index (χ4v) is 10.2. The minimum Gasteiger partial charge on any atom is -0.456 e. The van der Waals surface area contributed by atoms with E-state index in [0.29, 0.717) is 66.4 Å². The van der Waals surface area contributed by atoms with Crippen LogP contribution in [0.2, 0.25) is 67.0 Å². The van der Waals surface area contributed by atoms with Crippen molar-refractivity contribution in [3.05, 3.63) is 51.8 Å². The molecule has 1 aromatic carbocycles. The number of nitrogens with zero attached hydrogens (tertiary/aromatic N) is 3. The molecule has 1 N–H and O–H groups in total.